The summed E-state index contributed by atoms with van der Waals surface area (Å²) < 4.78 is 0. The Morgan fingerprint density at radius 3 is 1.48 bits per heavy atom. The van der Waals surface area contributed by atoms with Crippen molar-refractivity contribution in [2.45, 2.75) is 225 Å². The van der Waals surface area contributed by atoms with Crippen molar-refractivity contribution in [3.05, 3.63) is 10.4 Å². The van der Waals surface area contributed by atoms with Crippen LogP contribution in [0.3, 0.4) is 0 Å². The highest BCUT2D eigenvalue weighted by atomic mass is 16.3. The number of rotatable bonds is 14. The number of aliphatic hydroxyl groups excluding tert-OH is 1. The predicted octanol–water partition coefficient (Wildman–Crippen LogP) is 13.4. The van der Waals surface area contributed by atoms with Crippen molar-refractivity contribution < 1.29 is 5.11 Å². The molecule has 3 unspecified atom stereocenters. The predicted molar refractivity (Wildman–Crippen MR) is 183 cm³/mol. The fourth-order valence-corrected chi connectivity index (χ4v) is 8.76. The third-order valence-corrected chi connectivity index (χ3v) is 11.2. The van der Waals surface area contributed by atoms with Gasteiger partial charge in [0.1, 0.15) is 0 Å². The quantitative estimate of drug-likeness (QED) is 0.0933. The van der Waals surface area contributed by atoms with E-state index in [2.05, 4.69) is 18.8 Å². The van der Waals surface area contributed by atoms with Crippen molar-refractivity contribution in [1.29, 1.82) is 0 Å². The normalized spacial score (nSPS) is 23.1. The van der Waals surface area contributed by atoms with Gasteiger partial charge in [0.2, 0.25) is 0 Å². The highest BCUT2D eigenvalue weighted by Crippen LogP contribution is 2.48. The van der Waals surface area contributed by atoms with Crippen molar-refractivity contribution in [2.24, 2.45) is 22.9 Å². The van der Waals surface area contributed by atoms with Gasteiger partial charge in [-0.05, 0) is 61.8 Å². The van der Waals surface area contributed by atoms with Gasteiger partial charge in [-0.15, -0.1) is 0 Å². The molecule has 0 amide bonds. The fraction of sp³-hybridized carbons (Fsp3) is 1.00. The Labute approximate surface area is 262 Å². The summed E-state index contributed by atoms with van der Waals surface area (Å²) in [4.78, 5) is 3.67. The van der Waals surface area contributed by atoms with Gasteiger partial charge in [0.15, 0.2) is 0 Å². The molecule has 0 aromatic rings. The molecule has 0 heterocycles. The summed E-state index contributed by atoms with van der Waals surface area (Å²) >= 11 is 0. The molecule has 2 saturated carbocycles. The van der Waals surface area contributed by atoms with Gasteiger partial charge in [0, 0.05) is 4.91 Å². The summed E-state index contributed by atoms with van der Waals surface area (Å²) in [6, 6.07) is 0. The molecular weight excluding hydrogens is 514 g/mol. The van der Waals surface area contributed by atoms with E-state index in [1.165, 1.54) is 154 Å². The van der Waals surface area contributed by atoms with E-state index in [1.807, 2.05) is 0 Å². The van der Waals surface area contributed by atoms with Gasteiger partial charge in [-0.25, -0.2) is 0 Å². The Morgan fingerprint density at radius 1 is 0.595 bits per heavy atom. The lowest BCUT2D eigenvalue weighted by atomic mass is 9.61. The van der Waals surface area contributed by atoms with Crippen LogP contribution in [0.4, 0.5) is 0 Å². The maximum absolute atomic E-state index is 12.8. The van der Waals surface area contributed by atoms with Crippen molar-refractivity contribution in [3.63, 3.8) is 0 Å². The topological polar surface area (TPSA) is 69.0 Å². The Balaban J connectivity index is 2.42. The Bertz CT molecular complexity index is 653. The van der Waals surface area contributed by atoms with Crippen molar-refractivity contribution in [1.82, 2.24) is 0 Å². The summed E-state index contributed by atoms with van der Waals surface area (Å²) in [5.74, 6) is 0.861. The van der Waals surface area contributed by atoms with Gasteiger partial charge in [0.25, 0.3) is 0 Å². The minimum absolute atomic E-state index is 0.264. The lowest BCUT2D eigenvalue weighted by molar-refractivity contribution is -0.0469. The van der Waals surface area contributed by atoms with Crippen LogP contribution in [0.25, 0.3) is 10.4 Å². The molecule has 2 fully saturated rings. The smallest absolute Gasteiger partial charge is 0.0805 e. The molecule has 0 aromatic heterocycles. The van der Waals surface area contributed by atoms with E-state index >= 15 is 0 Å². The lowest BCUT2D eigenvalue weighted by Crippen LogP contribution is -2.55. The fourth-order valence-electron chi connectivity index (χ4n) is 8.76. The first-order valence-electron chi connectivity index (χ1n) is 19.4. The summed E-state index contributed by atoms with van der Waals surface area (Å²) in [5.41, 5.74) is 9.62. The monoisotopic (exact) mass is 588 g/mol. The zero-order valence-electron chi connectivity index (χ0n) is 28.5. The van der Waals surface area contributed by atoms with Crippen molar-refractivity contribution in [3.8, 4) is 0 Å². The SMILES string of the molecule is CCCCCCCCC(CCC)C(N=[N+]=[N-])(C1CCCCCCCCCCC1)C(O)C1CCCCCCCCCCC1. The van der Waals surface area contributed by atoms with Crippen LogP contribution < -0.4 is 0 Å². The van der Waals surface area contributed by atoms with Crippen molar-refractivity contribution >= 4 is 0 Å². The number of nitrogens with zero attached hydrogens (tertiary/aromatic N) is 3. The average molecular weight is 588 g/mol. The zero-order chi connectivity index (χ0) is 30.1. The van der Waals surface area contributed by atoms with Crippen LogP contribution in [0.15, 0.2) is 5.11 Å². The van der Waals surface area contributed by atoms with Gasteiger partial charge < -0.3 is 5.11 Å². The standard InChI is InChI=1S/C38H73N3O/c1-3-5-6-7-20-25-31-35(28-4-2)38(40-41-39,36-32-26-21-16-12-9-13-17-22-27-33-36)37(42)34-29-23-18-14-10-8-11-15-19-24-30-34/h34-37,42H,3-33H2,1-2H3. The number of aliphatic hydroxyl groups is 1. The molecule has 0 aliphatic heterocycles. The first kappa shape index (κ1) is 37.5. The van der Waals surface area contributed by atoms with E-state index in [0.29, 0.717) is 11.8 Å². The molecule has 0 bridgehead atoms. The van der Waals surface area contributed by atoms with Crippen LogP contribution >= 0.6 is 0 Å². The van der Waals surface area contributed by atoms with Gasteiger partial charge >= 0.3 is 0 Å². The molecule has 0 aromatic carbocycles. The lowest BCUT2D eigenvalue weighted by Gasteiger charge is -2.49. The van der Waals surface area contributed by atoms with Crippen LogP contribution in [0.5, 0.6) is 0 Å². The van der Waals surface area contributed by atoms with E-state index in [-0.39, 0.29) is 5.92 Å². The number of unbranched alkanes of at least 4 members (excludes halogenated alkanes) is 5. The van der Waals surface area contributed by atoms with E-state index in [1.54, 1.807) is 0 Å². The second-order valence-electron chi connectivity index (χ2n) is 14.5. The summed E-state index contributed by atoms with van der Waals surface area (Å²) in [7, 11) is 0. The minimum atomic E-state index is -0.653. The molecule has 42 heavy (non-hydrogen) atoms. The second kappa shape index (κ2) is 24.6. The summed E-state index contributed by atoms with van der Waals surface area (Å²) in [6.07, 6.45) is 38.6. The summed E-state index contributed by atoms with van der Waals surface area (Å²) in [6.45, 7) is 4.59. The first-order valence-corrected chi connectivity index (χ1v) is 19.4. The largest absolute Gasteiger partial charge is 0.392 e. The maximum atomic E-state index is 12.8. The zero-order valence-corrected chi connectivity index (χ0v) is 28.5. The molecular formula is C38H73N3O. The molecule has 3 atom stereocenters. The van der Waals surface area contributed by atoms with Gasteiger partial charge in [0.05, 0.1) is 11.6 Å². The number of hydrogen-bond acceptors (Lipinski definition) is 2. The number of azide groups is 1. The molecule has 2 aliphatic rings. The van der Waals surface area contributed by atoms with E-state index in [4.69, 9.17) is 5.11 Å². The Kier molecular flexibility index (Phi) is 21.9. The highest BCUT2D eigenvalue weighted by Gasteiger charge is 2.51. The van der Waals surface area contributed by atoms with Crippen LogP contribution in [0.2, 0.25) is 0 Å². The highest BCUT2D eigenvalue weighted by molar-refractivity contribution is 5.07. The molecule has 2 rings (SSSR count). The Morgan fingerprint density at radius 2 is 1.02 bits per heavy atom. The summed E-state index contributed by atoms with van der Waals surface area (Å²) in [5, 5.41) is 17.7. The van der Waals surface area contributed by atoms with E-state index in [9.17, 15) is 10.6 Å². The molecule has 4 heteroatoms. The van der Waals surface area contributed by atoms with Crippen LogP contribution in [0.1, 0.15) is 213 Å². The molecule has 0 radical (unpaired) electrons. The molecule has 0 saturated heterocycles. The Hall–Kier alpha value is -0.730. The van der Waals surface area contributed by atoms with E-state index in [0.717, 1.165) is 44.9 Å². The first-order chi connectivity index (χ1) is 20.7. The van der Waals surface area contributed by atoms with Crippen molar-refractivity contribution in [2.75, 3.05) is 0 Å². The maximum Gasteiger partial charge on any atom is 0.0805 e. The van der Waals surface area contributed by atoms with Crippen LogP contribution in [0, 0.1) is 17.8 Å². The van der Waals surface area contributed by atoms with Gasteiger partial charge in [-0.2, -0.15) is 0 Å². The molecule has 246 valence electrons. The van der Waals surface area contributed by atoms with Crippen LogP contribution in [-0.4, -0.2) is 16.7 Å². The second-order valence-corrected chi connectivity index (χ2v) is 14.5. The third-order valence-electron chi connectivity index (χ3n) is 11.2. The van der Waals surface area contributed by atoms with Crippen LogP contribution in [-0.2, 0) is 0 Å². The minimum Gasteiger partial charge on any atom is -0.392 e. The van der Waals surface area contributed by atoms with E-state index < -0.39 is 11.6 Å². The van der Waals surface area contributed by atoms with Gasteiger partial charge in [-0.3, -0.25) is 0 Å². The molecule has 2 aliphatic carbocycles. The molecule has 1 N–H and O–H groups in total. The average Bonchev–Trinajstić information content (AvgIpc) is 2.98. The number of hydrogen-bond donors (Lipinski definition) is 1. The molecule has 0 spiro atoms. The third kappa shape index (κ3) is 13.9. The molecule has 4 nitrogen and oxygen atoms in total. The van der Waals surface area contributed by atoms with Gasteiger partial charge in [-0.1, -0.05) is 179 Å².